The average Bonchev–Trinajstić information content (AvgIpc) is 2.15. The first kappa shape index (κ1) is 12.5. The molecule has 1 atom stereocenters. The lowest BCUT2D eigenvalue weighted by Gasteiger charge is -2.19. The third-order valence-corrected chi connectivity index (χ3v) is 3.30. The number of hydrogen-bond donors (Lipinski definition) is 1. The largest absolute Gasteiger partial charge is 0.392 e. The van der Waals surface area contributed by atoms with Crippen LogP contribution < -0.4 is 0 Å². The number of nitrogens with zero attached hydrogens (tertiary/aromatic N) is 1. The number of rotatable bonds is 4. The Morgan fingerprint density at radius 1 is 1.40 bits per heavy atom. The van der Waals surface area contributed by atoms with Crippen LogP contribution in [0.25, 0.3) is 0 Å². The van der Waals surface area contributed by atoms with Crippen molar-refractivity contribution < 1.29 is 5.11 Å². The van der Waals surface area contributed by atoms with Gasteiger partial charge in [-0.2, -0.15) is 11.8 Å². The Morgan fingerprint density at radius 2 is 2.13 bits per heavy atom. The SMILES string of the molecule is CC(C)(C)SCC(O)Cc1ccccn1. The topological polar surface area (TPSA) is 33.1 Å². The lowest BCUT2D eigenvalue weighted by Crippen LogP contribution is -2.19. The van der Waals surface area contributed by atoms with Gasteiger partial charge in [0.25, 0.3) is 0 Å². The zero-order chi connectivity index (χ0) is 11.3. The van der Waals surface area contributed by atoms with Gasteiger partial charge in [0, 0.05) is 28.8 Å². The molecule has 0 aliphatic carbocycles. The summed E-state index contributed by atoms with van der Waals surface area (Å²) in [5.41, 5.74) is 0.958. The molecule has 15 heavy (non-hydrogen) atoms. The Kier molecular flexibility index (Phi) is 4.61. The molecule has 1 unspecified atom stereocenters. The van der Waals surface area contributed by atoms with Gasteiger partial charge in [-0.25, -0.2) is 0 Å². The molecule has 1 aromatic rings. The van der Waals surface area contributed by atoms with E-state index in [4.69, 9.17) is 0 Å². The molecule has 0 radical (unpaired) electrons. The van der Waals surface area contributed by atoms with E-state index in [-0.39, 0.29) is 10.9 Å². The van der Waals surface area contributed by atoms with Crippen LogP contribution in [0.15, 0.2) is 24.4 Å². The summed E-state index contributed by atoms with van der Waals surface area (Å²) in [4.78, 5) is 4.19. The molecule has 0 saturated carbocycles. The zero-order valence-electron chi connectivity index (χ0n) is 9.60. The summed E-state index contributed by atoms with van der Waals surface area (Å²) in [6, 6.07) is 5.79. The predicted molar refractivity (Wildman–Crippen MR) is 66.2 cm³/mol. The molecule has 3 heteroatoms. The molecule has 1 rings (SSSR count). The lowest BCUT2D eigenvalue weighted by molar-refractivity contribution is 0.198. The van der Waals surface area contributed by atoms with Crippen LogP contribution in [0.3, 0.4) is 0 Å². The number of thioether (sulfide) groups is 1. The quantitative estimate of drug-likeness (QED) is 0.854. The molecule has 0 aliphatic rings. The fourth-order valence-corrected chi connectivity index (χ4v) is 1.98. The van der Waals surface area contributed by atoms with Crippen molar-refractivity contribution in [3.63, 3.8) is 0 Å². The molecule has 0 bridgehead atoms. The second-order valence-corrected chi connectivity index (χ2v) is 6.45. The Bertz CT molecular complexity index is 281. The first-order valence-electron chi connectivity index (χ1n) is 5.19. The first-order valence-corrected chi connectivity index (χ1v) is 6.18. The van der Waals surface area contributed by atoms with Gasteiger partial charge in [0.2, 0.25) is 0 Å². The van der Waals surface area contributed by atoms with Gasteiger partial charge >= 0.3 is 0 Å². The minimum atomic E-state index is -0.302. The van der Waals surface area contributed by atoms with Crippen LogP contribution in [-0.2, 0) is 6.42 Å². The summed E-state index contributed by atoms with van der Waals surface area (Å²) < 4.78 is 0.213. The Balaban J connectivity index is 2.34. The van der Waals surface area contributed by atoms with E-state index in [0.29, 0.717) is 6.42 Å². The van der Waals surface area contributed by atoms with Gasteiger partial charge in [-0.05, 0) is 12.1 Å². The van der Waals surface area contributed by atoms with Crippen LogP contribution >= 0.6 is 11.8 Å². The van der Waals surface area contributed by atoms with Crippen molar-refractivity contribution in [1.82, 2.24) is 4.98 Å². The molecule has 2 nitrogen and oxygen atoms in total. The summed E-state index contributed by atoms with van der Waals surface area (Å²) in [6.07, 6.45) is 2.10. The highest BCUT2D eigenvalue weighted by atomic mass is 32.2. The van der Waals surface area contributed by atoms with E-state index in [1.165, 1.54) is 0 Å². The highest BCUT2D eigenvalue weighted by molar-refractivity contribution is 8.00. The molecule has 0 aromatic carbocycles. The summed E-state index contributed by atoms with van der Waals surface area (Å²) in [7, 11) is 0. The van der Waals surface area contributed by atoms with Crippen LogP contribution in [0.1, 0.15) is 26.5 Å². The Morgan fingerprint density at radius 3 is 2.67 bits per heavy atom. The molecular weight excluding hydrogens is 206 g/mol. The van der Waals surface area contributed by atoms with Crippen LogP contribution in [0.5, 0.6) is 0 Å². The molecule has 1 aromatic heterocycles. The summed E-state index contributed by atoms with van der Waals surface area (Å²) in [6.45, 7) is 6.47. The van der Waals surface area contributed by atoms with Crippen molar-refractivity contribution in [2.24, 2.45) is 0 Å². The molecule has 1 heterocycles. The summed E-state index contributed by atoms with van der Waals surface area (Å²) >= 11 is 1.78. The minimum absolute atomic E-state index is 0.213. The molecule has 0 aliphatic heterocycles. The maximum atomic E-state index is 9.81. The van der Waals surface area contributed by atoms with Crippen molar-refractivity contribution in [3.05, 3.63) is 30.1 Å². The average molecular weight is 225 g/mol. The van der Waals surface area contributed by atoms with E-state index in [2.05, 4.69) is 25.8 Å². The monoisotopic (exact) mass is 225 g/mol. The van der Waals surface area contributed by atoms with E-state index >= 15 is 0 Å². The van der Waals surface area contributed by atoms with Crippen molar-refractivity contribution >= 4 is 11.8 Å². The fraction of sp³-hybridized carbons (Fsp3) is 0.583. The molecule has 0 spiro atoms. The van der Waals surface area contributed by atoms with Crippen LogP contribution in [0.2, 0.25) is 0 Å². The molecule has 84 valence electrons. The van der Waals surface area contributed by atoms with Gasteiger partial charge in [-0.3, -0.25) is 4.98 Å². The third-order valence-electron chi connectivity index (χ3n) is 1.88. The molecule has 0 amide bonds. The number of aliphatic hydroxyl groups is 1. The standard InChI is InChI=1S/C12H19NOS/c1-12(2,3)15-9-11(14)8-10-6-4-5-7-13-10/h4-7,11,14H,8-9H2,1-3H3. The second-order valence-electron chi connectivity index (χ2n) is 4.60. The summed E-state index contributed by atoms with van der Waals surface area (Å²) in [5, 5.41) is 9.81. The van der Waals surface area contributed by atoms with Crippen LogP contribution in [0, 0.1) is 0 Å². The number of aromatic nitrogens is 1. The highest BCUT2D eigenvalue weighted by Crippen LogP contribution is 2.24. The zero-order valence-corrected chi connectivity index (χ0v) is 10.4. The van der Waals surface area contributed by atoms with Gasteiger partial charge < -0.3 is 5.11 Å². The van der Waals surface area contributed by atoms with E-state index in [9.17, 15) is 5.11 Å². The van der Waals surface area contributed by atoms with E-state index in [1.54, 1.807) is 18.0 Å². The van der Waals surface area contributed by atoms with E-state index in [0.717, 1.165) is 11.4 Å². The Labute approximate surface area is 96.1 Å². The van der Waals surface area contributed by atoms with Gasteiger partial charge in [0.1, 0.15) is 0 Å². The van der Waals surface area contributed by atoms with E-state index in [1.807, 2.05) is 18.2 Å². The predicted octanol–water partition coefficient (Wildman–Crippen LogP) is 2.52. The summed E-state index contributed by atoms with van der Waals surface area (Å²) in [5.74, 6) is 0.764. The molecule has 0 saturated heterocycles. The number of pyridine rings is 1. The highest BCUT2D eigenvalue weighted by Gasteiger charge is 2.14. The number of hydrogen-bond acceptors (Lipinski definition) is 3. The molecule has 1 N–H and O–H groups in total. The maximum Gasteiger partial charge on any atom is 0.0686 e. The first-order chi connectivity index (χ1) is 6.97. The Hall–Kier alpha value is -0.540. The lowest BCUT2D eigenvalue weighted by atomic mass is 10.2. The van der Waals surface area contributed by atoms with Crippen molar-refractivity contribution in [2.75, 3.05) is 5.75 Å². The van der Waals surface area contributed by atoms with Gasteiger partial charge in [-0.1, -0.05) is 26.8 Å². The van der Waals surface area contributed by atoms with Crippen molar-refractivity contribution in [1.29, 1.82) is 0 Å². The minimum Gasteiger partial charge on any atom is -0.392 e. The van der Waals surface area contributed by atoms with Gasteiger partial charge in [-0.15, -0.1) is 0 Å². The van der Waals surface area contributed by atoms with Crippen molar-refractivity contribution in [2.45, 2.75) is 38.0 Å². The van der Waals surface area contributed by atoms with Crippen molar-refractivity contribution in [3.8, 4) is 0 Å². The van der Waals surface area contributed by atoms with Gasteiger partial charge in [0.05, 0.1) is 6.10 Å². The van der Waals surface area contributed by atoms with E-state index < -0.39 is 0 Å². The fourth-order valence-electron chi connectivity index (χ4n) is 1.17. The van der Waals surface area contributed by atoms with Gasteiger partial charge in [0.15, 0.2) is 0 Å². The smallest absolute Gasteiger partial charge is 0.0686 e. The second kappa shape index (κ2) is 5.52. The van der Waals surface area contributed by atoms with Crippen LogP contribution in [0.4, 0.5) is 0 Å². The number of aliphatic hydroxyl groups excluding tert-OH is 1. The van der Waals surface area contributed by atoms with Crippen LogP contribution in [-0.4, -0.2) is 26.7 Å². The normalized spacial score (nSPS) is 13.9. The molecule has 0 fully saturated rings. The molecular formula is C12H19NOS. The maximum absolute atomic E-state index is 9.81. The third kappa shape index (κ3) is 5.80.